The maximum absolute atomic E-state index is 8.91. The van der Waals surface area contributed by atoms with Crippen molar-refractivity contribution >= 4 is 11.8 Å². The zero-order chi connectivity index (χ0) is 11.8. The van der Waals surface area contributed by atoms with E-state index in [0.717, 1.165) is 31.2 Å². The molecule has 4 heteroatoms. The molecule has 16 heavy (non-hydrogen) atoms. The van der Waals surface area contributed by atoms with Crippen molar-refractivity contribution in [1.82, 2.24) is 4.90 Å². The molecule has 0 saturated carbocycles. The Morgan fingerprint density at radius 1 is 1.44 bits per heavy atom. The van der Waals surface area contributed by atoms with Crippen molar-refractivity contribution < 1.29 is 4.74 Å². The molecule has 0 aromatic carbocycles. The van der Waals surface area contributed by atoms with Gasteiger partial charge in [0.1, 0.15) is 6.07 Å². The Hall–Kier alpha value is -0.920. The molecule has 1 fully saturated rings. The highest BCUT2D eigenvalue weighted by molar-refractivity contribution is 8.03. The van der Waals surface area contributed by atoms with E-state index in [9.17, 15) is 0 Å². The van der Waals surface area contributed by atoms with Gasteiger partial charge in [-0.1, -0.05) is 13.8 Å². The van der Waals surface area contributed by atoms with Crippen molar-refractivity contribution in [3.8, 4) is 6.07 Å². The van der Waals surface area contributed by atoms with Crippen LogP contribution < -0.4 is 0 Å². The maximum atomic E-state index is 8.91. The van der Waals surface area contributed by atoms with Crippen LogP contribution >= 0.6 is 11.8 Å². The summed E-state index contributed by atoms with van der Waals surface area (Å²) in [5.41, 5.74) is 0. The molecule has 1 heterocycles. The van der Waals surface area contributed by atoms with Crippen LogP contribution in [0.2, 0.25) is 0 Å². The summed E-state index contributed by atoms with van der Waals surface area (Å²) >= 11 is 1.59. The average molecular weight is 238 g/mol. The van der Waals surface area contributed by atoms with Gasteiger partial charge >= 0.3 is 0 Å². The monoisotopic (exact) mass is 238 g/mol. The molecular formula is C12H18N2OS. The molecule has 1 aliphatic rings. The average Bonchev–Trinajstić information content (AvgIpc) is 2.28. The maximum Gasteiger partial charge on any atom is 0.106 e. The second-order valence-electron chi connectivity index (χ2n) is 3.80. The van der Waals surface area contributed by atoms with Gasteiger partial charge in [-0.3, -0.25) is 0 Å². The van der Waals surface area contributed by atoms with E-state index in [4.69, 9.17) is 10.00 Å². The Morgan fingerprint density at radius 3 is 2.69 bits per heavy atom. The van der Waals surface area contributed by atoms with Crippen LogP contribution in [0.5, 0.6) is 0 Å². The fraction of sp³-hybridized carbons (Fsp3) is 0.583. The fourth-order valence-corrected chi connectivity index (χ4v) is 2.05. The Balaban J connectivity index is 2.42. The van der Waals surface area contributed by atoms with Crippen LogP contribution in [-0.2, 0) is 4.74 Å². The second-order valence-corrected chi connectivity index (χ2v) is 5.42. The summed E-state index contributed by atoms with van der Waals surface area (Å²) in [6.45, 7) is 7.62. The Labute approximate surface area is 102 Å². The lowest BCUT2D eigenvalue weighted by Crippen LogP contribution is -2.31. The molecule has 0 aliphatic carbocycles. The SMILES string of the molecule is CC(C)S/C(C#N)=C\C=C\N1CCOCC1. The quantitative estimate of drug-likeness (QED) is 0.556. The Bertz CT molecular complexity index is 299. The topological polar surface area (TPSA) is 36.3 Å². The predicted molar refractivity (Wildman–Crippen MR) is 68.0 cm³/mol. The molecule has 0 unspecified atom stereocenters. The third-order valence-electron chi connectivity index (χ3n) is 2.06. The van der Waals surface area contributed by atoms with E-state index in [2.05, 4.69) is 24.8 Å². The zero-order valence-electron chi connectivity index (χ0n) is 9.85. The summed E-state index contributed by atoms with van der Waals surface area (Å²) in [5.74, 6) is 0. The lowest BCUT2D eigenvalue weighted by atomic mass is 10.4. The van der Waals surface area contributed by atoms with Gasteiger partial charge in [-0.15, -0.1) is 11.8 Å². The van der Waals surface area contributed by atoms with Gasteiger partial charge in [0.25, 0.3) is 0 Å². The molecule has 0 N–H and O–H groups in total. The van der Waals surface area contributed by atoms with E-state index in [1.54, 1.807) is 11.8 Å². The molecule has 1 aliphatic heterocycles. The molecular weight excluding hydrogens is 220 g/mol. The van der Waals surface area contributed by atoms with Gasteiger partial charge in [0, 0.05) is 18.3 Å². The molecule has 1 saturated heterocycles. The van der Waals surface area contributed by atoms with Crippen LogP contribution in [-0.4, -0.2) is 36.5 Å². The summed E-state index contributed by atoms with van der Waals surface area (Å²) in [6.07, 6.45) is 5.85. The van der Waals surface area contributed by atoms with Crippen LogP contribution in [0.1, 0.15) is 13.8 Å². The summed E-state index contributed by atoms with van der Waals surface area (Å²) in [7, 11) is 0. The van der Waals surface area contributed by atoms with Crippen molar-refractivity contribution in [2.45, 2.75) is 19.1 Å². The van der Waals surface area contributed by atoms with Crippen LogP contribution in [0.4, 0.5) is 0 Å². The van der Waals surface area contributed by atoms with Gasteiger partial charge in [-0.25, -0.2) is 0 Å². The number of allylic oxidation sites excluding steroid dienone is 3. The highest BCUT2D eigenvalue weighted by Gasteiger charge is 2.04. The van der Waals surface area contributed by atoms with Gasteiger partial charge in [-0.2, -0.15) is 5.26 Å². The molecule has 0 bridgehead atoms. The highest BCUT2D eigenvalue weighted by atomic mass is 32.2. The predicted octanol–water partition coefficient (Wildman–Crippen LogP) is 2.38. The number of thioether (sulfide) groups is 1. The number of ether oxygens (including phenoxy) is 1. The van der Waals surface area contributed by atoms with E-state index in [1.165, 1.54) is 0 Å². The minimum atomic E-state index is 0.447. The minimum absolute atomic E-state index is 0.447. The highest BCUT2D eigenvalue weighted by Crippen LogP contribution is 2.20. The van der Waals surface area contributed by atoms with Gasteiger partial charge < -0.3 is 9.64 Å². The Morgan fingerprint density at radius 2 is 2.12 bits per heavy atom. The second kappa shape index (κ2) is 7.37. The number of nitriles is 1. The fourth-order valence-electron chi connectivity index (χ4n) is 1.34. The number of nitrogens with zero attached hydrogens (tertiary/aromatic N) is 2. The number of morpholine rings is 1. The molecule has 88 valence electrons. The number of rotatable bonds is 4. The third kappa shape index (κ3) is 5.24. The van der Waals surface area contributed by atoms with Crippen molar-refractivity contribution in [2.75, 3.05) is 26.3 Å². The number of hydrogen-bond donors (Lipinski definition) is 0. The van der Waals surface area contributed by atoms with Crippen molar-refractivity contribution in [1.29, 1.82) is 5.26 Å². The molecule has 0 amide bonds. The zero-order valence-corrected chi connectivity index (χ0v) is 10.7. The van der Waals surface area contributed by atoms with Crippen LogP contribution in [0, 0.1) is 11.3 Å². The summed E-state index contributed by atoms with van der Waals surface area (Å²) in [6, 6.07) is 2.20. The first-order valence-corrected chi connectivity index (χ1v) is 6.37. The summed E-state index contributed by atoms with van der Waals surface area (Å²) < 4.78 is 5.25. The van der Waals surface area contributed by atoms with E-state index in [1.807, 2.05) is 18.4 Å². The van der Waals surface area contributed by atoms with Crippen molar-refractivity contribution in [3.63, 3.8) is 0 Å². The van der Waals surface area contributed by atoms with E-state index in [0.29, 0.717) is 5.25 Å². The lowest BCUT2D eigenvalue weighted by molar-refractivity contribution is 0.0594. The normalized spacial score (nSPS) is 18.1. The largest absolute Gasteiger partial charge is 0.378 e. The van der Waals surface area contributed by atoms with Crippen molar-refractivity contribution in [2.24, 2.45) is 0 Å². The molecule has 0 radical (unpaired) electrons. The minimum Gasteiger partial charge on any atom is -0.378 e. The lowest BCUT2D eigenvalue weighted by Gasteiger charge is -2.24. The van der Waals surface area contributed by atoms with Gasteiger partial charge in [0.15, 0.2) is 0 Å². The first kappa shape index (κ1) is 13.1. The van der Waals surface area contributed by atoms with Gasteiger partial charge in [-0.05, 0) is 18.4 Å². The van der Waals surface area contributed by atoms with E-state index < -0.39 is 0 Å². The molecule has 0 aromatic rings. The van der Waals surface area contributed by atoms with Crippen LogP contribution in [0.25, 0.3) is 0 Å². The number of hydrogen-bond acceptors (Lipinski definition) is 4. The first-order chi connectivity index (χ1) is 7.72. The standard InChI is InChI=1S/C12H18N2OS/c1-11(2)16-12(10-13)4-3-5-14-6-8-15-9-7-14/h3-5,11H,6-9H2,1-2H3/b5-3+,12-4-. The van der Waals surface area contributed by atoms with Crippen molar-refractivity contribution in [3.05, 3.63) is 23.3 Å². The first-order valence-electron chi connectivity index (χ1n) is 5.49. The van der Waals surface area contributed by atoms with Gasteiger partial charge in [0.2, 0.25) is 0 Å². The smallest absolute Gasteiger partial charge is 0.106 e. The molecule has 3 nitrogen and oxygen atoms in total. The molecule has 0 aromatic heterocycles. The van der Waals surface area contributed by atoms with Gasteiger partial charge in [0.05, 0.1) is 18.1 Å². The molecule has 0 spiro atoms. The molecule has 0 atom stereocenters. The van der Waals surface area contributed by atoms with E-state index >= 15 is 0 Å². The molecule has 1 rings (SSSR count). The summed E-state index contributed by atoms with van der Waals surface area (Å²) in [4.78, 5) is 2.97. The van der Waals surface area contributed by atoms with Crippen LogP contribution in [0.3, 0.4) is 0 Å². The Kier molecular flexibility index (Phi) is 6.05. The summed E-state index contributed by atoms with van der Waals surface area (Å²) in [5, 5.41) is 9.35. The van der Waals surface area contributed by atoms with Crippen LogP contribution in [0.15, 0.2) is 23.3 Å². The third-order valence-corrected chi connectivity index (χ3v) is 3.02. The van der Waals surface area contributed by atoms with E-state index in [-0.39, 0.29) is 0 Å².